The smallest absolute Gasteiger partial charge is 0.459 e. The predicted molar refractivity (Wildman–Crippen MR) is 158 cm³/mol. The number of hydrogen-bond acceptors (Lipinski definition) is 10. The molecular formula is C28H33ClFN4O9P. The predicted octanol–water partition coefficient (Wildman–Crippen LogP) is 3.68. The van der Waals surface area contributed by atoms with Gasteiger partial charge < -0.3 is 19.1 Å². The van der Waals surface area contributed by atoms with E-state index in [0.717, 1.165) is 29.3 Å². The molecule has 3 heterocycles. The number of aryl methyl sites for hydroxylation is 1. The molecule has 0 radical (unpaired) electrons. The molecule has 1 unspecified atom stereocenters. The number of nitrogens with one attached hydrogen (secondary N) is 2. The molecule has 0 aliphatic carbocycles. The largest absolute Gasteiger partial charge is 0.462 e. The average molecular weight is 655 g/mol. The fourth-order valence-corrected chi connectivity index (χ4v) is 6.01. The number of halogens is 2. The zero-order chi connectivity index (χ0) is 32.4. The van der Waals surface area contributed by atoms with Crippen LogP contribution in [-0.4, -0.2) is 62.2 Å². The molecule has 3 aromatic rings. The van der Waals surface area contributed by atoms with E-state index in [-0.39, 0.29) is 5.75 Å². The van der Waals surface area contributed by atoms with Crippen LogP contribution in [-0.2, 0) is 23.4 Å². The Balaban J connectivity index is 1.58. The van der Waals surface area contributed by atoms with Crippen LogP contribution in [0.1, 0.15) is 39.5 Å². The van der Waals surface area contributed by atoms with Crippen LogP contribution in [0.5, 0.6) is 5.75 Å². The number of ether oxygens (including phenoxy) is 2. The Morgan fingerprint density at radius 2 is 2.00 bits per heavy atom. The van der Waals surface area contributed by atoms with E-state index in [4.69, 9.17) is 30.1 Å². The van der Waals surface area contributed by atoms with E-state index in [1.807, 2.05) is 4.98 Å². The van der Waals surface area contributed by atoms with Crippen molar-refractivity contribution >= 4 is 25.3 Å². The first-order valence-corrected chi connectivity index (χ1v) is 15.5. The molecule has 13 nitrogen and oxygen atoms in total. The van der Waals surface area contributed by atoms with Crippen molar-refractivity contribution in [3.05, 3.63) is 80.2 Å². The van der Waals surface area contributed by atoms with Gasteiger partial charge in [0.1, 0.15) is 23.5 Å². The molecule has 16 heteroatoms. The lowest BCUT2D eigenvalue weighted by atomic mass is 9.96. The van der Waals surface area contributed by atoms with Gasteiger partial charge in [-0.25, -0.2) is 13.8 Å². The van der Waals surface area contributed by atoms with E-state index < -0.39 is 67.8 Å². The summed E-state index contributed by atoms with van der Waals surface area (Å²) in [4.78, 5) is 42.5. The van der Waals surface area contributed by atoms with Crippen molar-refractivity contribution in [1.82, 2.24) is 19.6 Å². The van der Waals surface area contributed by atoms with Crippen LogP contribution in [0.2, 0.25) is 5.02 Å². The van der Waals surface area contributed by atoms with Gasteiger partial charge >= 0.3 is 19.4 Å². The molecule has 4 rings (SSSR count). The quantitative estimate of drug-likeness (QED) is 0.203. The third-order valence-corrected chi connectivity index (χ3v) is 8.64. The molecule has 1 aromatic carbocycles. The molecule has 1 aliphatic heterocycles. The molecule has 1 aliphatic rings. The fourth-order valence-electron chi connectivity index (χ4n) is 4.42. The number of alkyl halides is 1. The highest BCUT2D eigenvalue weighted by atomic mass is 35.5. The Labute approximate surface area is 256 Å². The van der Waals surface area contributed by atoms with Gasteiger partial charge in [0.05, 0.1) is 23.4 Å². The van der Waals surface area contributed by atoms with Crippen LogP contribution in [0.3, 0.4) is 0 Å². The average Bonchev–Trinajstić information content (AvgIpc) is 3.15. The number of rotatable bonds is 11. The standard InChI is InChI=1S/C28H33ClFN4O9P/c1-15(2)41-26(36)17(4)33-44(39,43-19-7-8-20(16(3)12-19)21-9-6-18(29)13-31-21)40-14-22-28(5,38)24(30)25(42-22)34-11-10-23(35)32-27(34)37/h6-13,15,17,22,24-25,38H,14H2,1-5H3,(H,33,39)(H,32,35,37)/t17-,22+,24-,25+,28+,44?/m0/s1. The molecule has 0 bridgehead atoms. The first-order valence-electron chi connectivity index (χ1n) is 13.6. The maximum absolute atomic E-state index is 15.4. The molecule has 3 N–H and O–H groups in total. The highest BCUT2D eigenvalue weighted by Crippen LogP contribution is 2.48. The molecular weight excluding hydrogens is 622 g/mol. The van der Waals surface area contributed by atoms with Gasteiger partial charge in [-0.3, -0.25) is 28.6 Å². The number of hydrogen-bond donors (Lipinski definition) is 3. The maximum atomic E-state index is 15.4. The molecule has 238 valence electrons. The highest BCUT2D eigenvalue weighted by molar-refractivity contribution is 7.52. The number of benzene rings is 1. The molecule has 1 saturated heterocycles. The van der Waals surface area contributed by atoms with Crippen molar-refractivity contribution in [2.24, 2.45) is 0 Å². The van der Waals surface area contributed by atoms with Crippen molar-refractivity contribution in [2.45, 2.75) is 70.9 Å². The Morgan fingerprint density at radius 3 is 2.61 bits per heavy atom. The molecule has 0 amide bonds. The van der Waals surface area contributed by atoms with Gasteiger partial charge in [-0.15, -0.1) is 0 Å². The van der Waals surface area contributed by atoms with Gasteiger partial charge in [0, 0.05) is 24.0 Å². The van der Waals surface area contributed by atoms with Gasteiger partial charge in [0.25, 0.3) is 5.56 Å². The monoisotopic (exact) mass is 654 g/mol. The van der Waals surface area contributed by atoms with E-state index in [9.17, 15) is 24.1 Å². The van der Waals surface area contributed by atoms with E-state index in [1.54, 1.807) is 45.0 Å². The number of H-pyrrole nitrogens is 1. The first kappa shape index (κ1) is 33.5. The van der Waals surface area contributed by atoms with Gasteiger partial charge in [-0.1, -0.05) is 11.6 Å². The summed E-state index contributed by atoms with van der Waals surface area (Å²) in [6, 6.07) is 8.04. The van der Waals surface area contributed by atoms with Crippen LogP contribution in [0.4, 0.5) is 4.39 Å². The molecule has 44 heavy (non-hydrogen) atoms. The van der Waals surface area contributed by atoms with Crippen LogP contribution >= 0.6 is 19.3 Å². The maximum Gasteiger partial charge on any atom is 0.459 e. The summed E-state index contributed by atoms with van der Waals surface area (Å²) in [6.07, 6.45) is -3.16. The second-order valence-electron chi connectivity index (χ2n) is 10.7. The van der Waals surface area contributed by atoms with Crippen LogP contribution < -0.4 is 20.9 Å². The first-order chi connectivity index (χ1) is 20.6. The Kier molecular flexibility index (Phi) is 10.1. The summed E-state index contributed by atoms with van der Waals surface area (Å²) in [7, 11) is -4.46. The summed E-state index contributed by atoms with van der Waals surface area (Å²) in [5.41, 5.74) is -1.79. The summed E-state index contributed by atoms with van der Waals surface area (Å²) in [5.74, 6) is -0.640. The van der Waals surface area contributed by atoms with Crippen LogP contribution in [0.15, 0.2) is 58.4 Å². The molecule has 1 fully saturated rings. The third kappa shape index (κ3) is 7.63. The number of nitrogens with zero attached hydrogens (tertiary/aromatic N) is 2. The van der Waals surface area contributed by atoms with Crippen molar-refractivity contribution in [2.75, 3.05) is 6.61 Å². The van der Waals surface area contributed by atoms with Gasteiger partial charge in [-0.2, -0.15) is 5.09 Å². The third-order valence-electron chi connectivity index (χ3n) is 6.77. The number of carbonyl (C=O) groups excluding carboxylic acids is 1. The summed E-state index contributed by atoms with van der Waals surface area (Å²) in [6.45, 7) is 6.90. The number of esters is 1. The number of pyridine rings is 1. The lowest BCUT2D eigenvalue weighted by molar-refractivity contribution is -0.149. The van der Waals surface area contributed by atoms with Crippen molar-refractivity contribution in [1.29, 1.82) is 0 Å². The number of aromatic nitrogens is 3. The minimum Gasteiger partial charge on any atom is -0.462 e. The summed E-state index contributed by atoms with van der Waals surface area (Å²) >= 11 is 5.94. The van der Waals surface area contributed by atoms with Gasteiger partial charge in [-0.05, 0) is 70.5 Å². The molecule has 0 spiro atoms. The Bertz CT molecular complexity index is 1660. The molecule has 0 saturated carbocycles. The highest BCUT2D eigenvalue weighted by Gasteiger charge is 2.55. The fraction of sp³-hybridized carbons (Fsp3) is 0.429. The Morgan fingerprint density at radius 1 is 1.27 bits per heavy atom. The van der Waals surface area contributed by atoms with Crippen LogP contribution in [0.25, 0.3) is 11.3 Å². The normalized spacial score (nSPS) is 23.7. The second kappa shape index (κ2) is 13.3. The summed E-state index contributed by atoms with van der Waals surface area (Å²) < 4.78 is 52.4. The number of aliphatic hydroxyl groups is 1. The SMILES string of the molecule is Cc1cc(OP(=O)(N[C@@H](C)C(=O)OC(C)C)OC[C@H]2O[C@@H](n3ccc(=O)[nH]c3=O)[C@H](F)[C@]2(C)O)ccc1-c1ccc(Cl)cn1. The van der Waals surface area contributed by atoms with E-state index in [1.165, 1.54) is 19.2 Å². The van der Waals surface area contributed by atoms with Crippen molar-refractivity contribution in [3.8, 4) is 17.0 Å². The topological polar surface area (TPSA) is 171 Å². The minimum absolute atomic E-state index is 0.0978. The van der Waals surface area contributed by atoms with E-state index >= 15 is 4.39 Å². The number of carbonyl (C=O) groups is 1. The molecule has 2 aromatic heterocycles. The number of aromatic amines is 1. The second-order valence-corrected chi connectivity index (χ2v) is 12.8. The van der Waals surface area contributed by atoms with Crippen molar-refractivity contribution in [3.63, 3.8) is 0 Å². The van der Waals surface area contributed by atoms with Gasteiger partial charge in [0.15, 0.2) is 12.4 Å². The lowest BCUT2D eigenvalue weighted by Crippen LogP contribution is -2.45. The van der Waals surface area contributed by atoms with Gasteiger partial charge in [0.2, 0.25) is 0 Å². The van der Waals surface area contributed by atoms with E-state index in [0.29, 0.717) is 16.3 Å². The van der Waals surface area contributed by atoms with Crippen molar-refractivity contribution < 1.29 is 37.4 Å². The molecule has 6 atom stereocenters. The minimum atomic E-state index is -4.46. The lowest BCUT2D eigenvalue weighted by Gasteiger charge is -2.28. The van der Waals surface area contributed by atoms with Crippen LogP contribution in [0, 0.1) is 6.92 Å². The van der Waals surface area contributed by atoms with E-state index in [2.05, 4.69) is 10.1 Å². The zero-order valence-corrected chi connectivity index (χ0v) is 26.2. The Hall–Kier alpha value is -3.39. The zero-order valence-electron chi connectivity index (χ0n) is 24.5. The summed E-state index contributed by atoms with van der Waals surface area (Å²) in [5, 5.41) is 13.9.